The molecular formula is C22H33IN6O4. The van der Waals surface area contributed by atoms with Crippen molar-refractivity contribution < 1.29 is 14.5 Å². The molecule has 3 rings (SSSR count). The normalized spacial score (nSPS) is 17.3. The summed E-state index contributed by atoms with van der Waals surface area (Å²) in [5.74, 6) is 0.944. The zero-order chi connectivity index (χ0) is 22.9. The number of rotatable bonds is 7. The number of piperazine rings is 1. The number of guanidine groups is 1. The summed E-state index contributed by atoms with van der Waals surface area (Å²) in [6.07, 6.45) is 0. The van der Waals surface area contributed by atoms with Crippen LogP contribution in [0.2, 0.25) is 0 Å². The average Bonchev–Trinajstić information content (AvgIpc) is 2.80. The van der Waals surface area contributed by atoms with E-state index in [0.29, 0.717) is 45.9 Å². The van der Waals surface area contributed by atoms with Crippen molar-refractivity contribution in [3.8, 4) is 0 Å². The smallest absolute Gasteiger partial charge is 0.269 e. The molecule has 0 unspecified atom stereocenters. The molecule has 10 nitrogen and oxygen atoms in total. The SMILES string of the molecule is C=C(C)CNC(=NCc1ccc([N+](=O)[O-])cc1)N1CCN(CC(=O)N2CCOCC2)CC1.I. The first-order chi connectivity index (χ1) is 15.4. The molecule has 2 aliphatic heterocycles. The lowest BCUT2D eigenvalue weighted by atomic mass is 10.2. The van der Waals surface area contributed by atoms with Crippen LogP contribution in [0.1, 0.15) is 12.5 Å². The lowest BCUT2D eigenvalue weighted by Gasteiger charge is -2.37. The summed E-state index contributed by atoms with van der Waals surface area (Å²) >= 11 is 0. The number of aliphatic imine (C=N–C) groups is 1. The Morgan fingerprint density at radius 3 is 2.33 bits per heavy atom. The maximum atomic E-state index is 12.5. The second-order valence-electron chi connectivity index (χ2n) is 8.13. The number of morpholine rings is 1. The number of non-ortho nitro benzene ring substituents is 1. The van der Waals surface area contributed by atoms with Gasteiger partial charge in [-0.25, -0.2) is 4.99 Å². The van der Waals surface area contributed by atoms with E-state index in [-0.39, 0.29) is 35.6 Å². The van der Waals surface area contributed by atoms with Crippen LogP contribution in [-0.2, 0) is 16.1 Å². The van der Waals surface area contributed by atoms with Gasteiger partial charge in [-0.05, 0) is 12.5 Å². The number of ether oxygens (including phenoxy) is 1. The fourth-order valence-corrected chi connectivity index (χ4v) is 3.61. The van der Waals surface area contributed by atoms with Crippen molar-refractivity contribution in [1.29, 1.82) is 0 Å². The van der Waals surface area contributed by atoms with Gasteiger partial charge in [0.1, 0.15) is 0 Å². The van der Waals surface area contributed by atoms with Gasteiger partial charge in [-0.1, -0.05) is 24.3 Å². The van der Waals surface area contributed by atoms with Gasteiger partial charge < -0.3 is 19.9 Å². The molecule has 2 saturated heterocycles. The number of amides is 1. The van der Waals surface area contributed by atoms with Crippen molar-refractivity contribution in [1.82, 2.24) is 20.0 Å². The summed E-state index contributed by atoms with van der Waals surface area (Å²) < 4.78 is 5.32. The number of nitrogens with zero attached hydrogens (tertiary/aromatic N) is 5. The van der Waals surface area contributed by atoms with Crippen LogP contribution >= 0.6 is 24.0 Å². The van der Waals surface area contributed by atoms with E-state index in [0.717, 1.165) is 43.3 Å². The van der Waals surface area contributed by atoms with Crippen molar-refractivity contribution in [2.24, 2.45) is 4.99 Å². The number of hydrogen-bond acceptors (Lipinski definition) is 6. The van der Waals surface area contributed by atoms with Crippen molar-refractivity contribution in [3.63, 3.8) is 0 Å². The Hall–Kier alpha value is -2.25. The fourth-order valence-electron chi connectivity index (χ4n) is 3.61. The first-order valence-corrected chi connectivity index (χ1v) is 10.9. The summed E-state index contributed by atoms with van der Waals surface area (Å²) in [6, 6.07) is 6.45. The Bertz CT molecular complexity index is 834. The molecule has 0 aliphatic carbocycles. The number of carbonyl (C=O) groups is 1. The summed E-state index contributed by atoms with van der Waals surface area (Å²) in [4.78, 5) is 33.9. The average molecular weight is 572 g/mol. The van der Waals surface area contributed by atoms with Crippen molar-refractivity contribution in [2.75, 3.05) is 65.6 Å². The van der Waals surface area contributed by atoms with Crippen LogP contribution < -0.4 is 5.32 Å². The van der Waals surface area contributed by atoms with Crippen LogP contribution in [0.15, 0.2) is 41.4 Å². The Morgan fingerprint density at radius 2 is 1.76 bits per heavy atom. The van der Waals surface area contributed by atoms with E-state index >= 15 is 0 Å². The largest absolute Gasteiger partial charge is 0.378 e. The van der Waals surface area contributed by atoms with E-state index in [1.54, 1.807) is 12.1 Å². The number of nitro groups is 1. The first kappa shape index (κ1) is 27.0. The fraction of sp³-hybridized carbons (Fsp3) is 0.545. The summed E-state index contributed by atoms with van der Waals surface area (Å²) in [5, 5.41) is 14.2. The molecule has 0 aromatic heterocycles. The molecule has 0 atom stereocenters. The third-order valence-corrected chi connectivity index (χ3v) is 5.50. The predicted octanol–water partition coefficient (Wildman–Crippen LogP) is 1.71. The van der Waals surface area contributed by atoms with Crippen LogP contribution in [0.5, 0.6) is 0 Å². The van der Waals surface area contributed by atoms with Crippen LogP contribution in [0.4, 0.5) is 5.69 Å². The Morgan fingerprint density at radius 1 is 1.12 bits per heavy atom. The summed E-state index contributed by atoms with van der Waals surface area (Å²) in [7, 11) is 0. The standard InChI is InChI=1S/C22H32N6O4.HI/c1-18(2)15-23-22(24-16-19-3-5-20(6-4-19)28(30)31)27-9-7-25(8-10-27)17-21(29)26-11-13-32-14-12-26;/h3-6H,1,7-17H2,2H3,(H,23,24);1H. The van der Waals surface area contributed by atoms with E-state index in [2.05, 4.69) is 21.7 Å². The molecule has 2 aliphatic rings. The Labute approximate surface area is 211 Å². The minimum Gasteiger partial charge on any atom is -0.378 e. The van der Waals surface area contributed by atoms with Crippen LogP contribution in [0, 0.1) is 10.1 Å². The van der Waals surface area contributed by atoms with Crippen molar-refractivity contribution in [3.05, 3.63) is 52.1 Å². The van der Waals surface area contributed by atoms with E-state index in [1.807, 2.05) is 11.8 Å². The number of carbonyl (C=O) groups excluding carboxylic acids is 1. The van der Waals surface area contributed by atoms with Crippen LogP contribution in [0.3, 0.4) is 0 Å². The summed E-state index contributed by atoms with van der Waals surface area (Å²) in [5.41, 5.74) is 1.98. The maximum absolute atomic E-state index is 12.5. The maximum Gasteiger partial charge on any atom is 0.269 e. The molecular weight excluding hydrogens is 539 g/mol. The number of benzene rings is 1. The van der Waals surface area contributed by atoms with Gasteiger partial charge >= 0.3 is 0 Å². The van der Waals surface area contributed by atoms with Gasteiger partial charge in [0, 0.05) is 57.9 Å². The van der Waals surface area contributed by atoms with Gasteiger partial charge in [-0.2, -0.15) is 0 Å². The molecule has 1 aromatic carbocycles. The minimum absolute atomic E-state index is 0. The quantitative estimate of drug-likeness (QED) is 0.133. The van der Waals surface area contributed by atoms with Gasteiger partial charge in [0.25, 0.3) is 5.69 Å². The zero-order valence-corrected chi connectivity index (χ0v) is 21.4. The topological polar surface area (TPSA) is 104 Å². The molecule has 1 N–H and O–H groups in total. The molecule has 0 saturated carbocycles. The lowest BCUT2D eigenvalue weighted by molar-refractivity contribution is -0.384. The highest BCUT2D eigenvalue weighted by Gasteiger charge is 2.24. The van der Waals surface area contributed by atoms with E-state index < -0.39 is 4.92 Å². The Balaban J connectivity index is 0.00000385. The third-order valence-electron chi connectivity index (χ3n) is 5.50. The predicted molar refractivity (Wildman–Crippen MR) is 138 cm³/mol. The highest BCUT2D eigenvalue weighted by Crippen LogP contribution is 2.13. The molecule has 33 heavy (non-hydrogen) atoms. The number of nitrogens with one attached hydrogen (secondary N) is 1. The minimum atomic E-state index is -0.407. The van der Waals surface area contributed by atoms with Crippen LogP contribution in [0.25, 0.3) is 0 Å². The van der Waals surface area contributed by atoms with Crippen LogP contribution in [-0.4, -0.2) is 97.1 Å². The first-order valence-electron chi connectivity index (χ1n) is 10.9. The molecule has 1 amide bonds. The number of hydrogen-bond donors (Lipinski definition) is 1. The molecule has 182 valence electrons. The molecule has 0 bridgehead atoms. The molecule has 11 heteroatoms. The van der Waals surface area contributed by atoms with E-state index in [9.17, 15) is 14.9 Å². The van der Waals surface area contributed by atoms with Crippen molar-refractivity contribution >= 4 is 41.5 Å². The monoisotopic (exact) mass is 572 g/mol. The van der Waals surface area contributed by atoms with Gasteiger partial charge in [0.05, 0.1) is 31.2 Å². The molecule has 2 fully saturated rings. The van der Waals surface area contributed by atoms with Gasteiger partial charge in [-0.3, -0.25) is 19.8 Å². The number of halogens is 1. The third kappa shape index (κ3) is 8.55. The van der Waals surface area contributed by atoms with Gasteiger partial charge in [0.2, 0.25) is 5.91 Å². The van der Waals surface area contributed by atoms with E-state index in [4.69, 9.17) is 9.73 Å². The second kappa shape index (κ2) is 13.5. The molecule has 0 spiro atoms. The van der Waals surface area contributed by atoms with Gasteiger partial charge in [-0.15, -0.1) is 24.0 Å². The van der Waals surface area contributed by atoms with Gasteiger partial charge in [0.15, 0.2) is 5.96 Å². The van der Waals surface area contributed by atoms with Crippen molar-refractivity contribution in [2.45, 2.75) is 13.5 Å². The van der Waals surface area contributed by atoms with E-state index in [1.165, 1.54) is 12.1 Å². The summed E-state index contributed by atoms with van der Waals surface area (Å²) in [6.45, 7) is 13.0. The highest BCUT2D eigenvalue weighted by molar-refractivity contribution is 14.0. The zero-order valence-electron chi connectivity index (χ0n) is 19.1. The second-order valence-corrected chi connectivity index (χ2v) is 8.13. The molecule has 2 heterocycles. The highest BCUT2D eigenvalue weighted by atomic mass is 127. The number of nitro benzene ring substituents is 1. The lowest BCUT2D eigenvalue weighted by Crippen LogP contribution is -2.55. The molecule has 1 aromatic rings. The molecule has 0 radical (unpaired) electrons. The Kier molecular flexibility index (Phi) is 11.0.